The number of nitrogens with one attached hydrogen (secondary N) is 2. The first-order valence-electron chi connectivity index (χ1n) is 7.29. The number of hydrogen-bond donors (Lipinski definition) is 2. The van der Waals surface area contributed by atoms with Crippen molar-refractivity contribution in [1.82, 2.24) is 15.5 Å². The number of hydrogen-bond acceptors (Lipinski definition) is 4. The number of anilines is 2. The van der Waals surface area contributed by atoms with Gasteiger partial charge >= 0.3 is 0 Å². The largest absolute Gasteiger partial charge is 0.351 e. The zero-order chi connectivity index (χ0) is 16.8. The fraction of sp³-hybridized carbons (Fsp3) is 0.312. The van der Waals surface area contributed by atoms with Gasteiger partial charge in [-0.15, -0.1) is 10.2 Å². The second kappa shape index (κ2) is 8.13. The first kappa shape index (κ1) is 17.5. The summed E-state index contributed by atoms with van der Waals surface area (Å²) in [6.07, 6.45) is 0.924. The minimum atomic E-state index is -0.228. The van der Waals surface area contributed by atoms with E-state index in [1.807, 2.05) is 0 Å². The molecule has 0 atom stereocenters. The summed E-state index contributed by atoms with van der Waals surface area (Å²) in [4.78, 5) is 11.9. The Morgan fingerprint density at radius 2 is 1.96 bits per heavy atom. The quantitative estimate of drug-likeness (QED) is 0.812. The van der Waals surface area contributed by atoms with Crippen molar-refractivity contribution in [1.29, 1.82) is 0 Å². The maximum absolute atomic E-state index is 11.9. The molecule has 122 valence electrons. The van der Waals surface area contributed by atoms with E-state index in [0.29, 0.717) is 34.0 Å². The summed E-state index contributed by atoms with van der Waals surface area (Å²) in [5, 5.41) is 14.8. The van der Waals surface area contributed by atoms with Crippen LogP contribution in [0.5, 0.6) is 0 Å². The van der Waals surface area contributed by atoms with Crippen molar-refractivity contribution < 1.29 is 4.79 Å². The van der Waals surface area contributed by atoms with Crippen LogP contribution >= 0.6 is 23.2 Å². The third-order valence-electron chi connectivity index (χ3n) is 3.10. The van der Waals surface area contributed by atoms with E-state index in [0.717, 1.165) is 6.42 Å². The van der Waals surface area contributed by atoms with Gasteiger partial charge in [0, 0.05) is 11.6 Å². The Balaban J connectivity index is 1.97. The van der Waals surface area contributed by atoms with Crippen molar-refractivity contribution in [2.24, 2.45) is 5.92 Å². The summed E-state index contributed by atoms with van der Waals surface area (Å²) in [5.41, 5.74) is 0.945. The monoisotopic (exact) mass is 352 g/mol. The molecule has 0 saturated heterocycles. The van der Waals surface area contributed by atoms with Crippen LogP contribution < -0.4 is 10.6 Å². The van der Waals surface area contributed by atoms with Crippen LogP contribution in [0.15, 0.2) is 30.3 Å². The summed E-state index contributed by atoms with van der Waals surface area (Å²) >= 11 is 11.9. The van der Waals surface area contributed by atoms with Gasteiger partial charge in [0.05, 0.1) is 10.7 Å². The molecule has 0 aliphatic carbocycles. The molecule has 0 radical (unpaired) electrons. The highest BCUT2D eigenvalue weighted by Crippen LogP contribution is 2.27. The first-order valence-corrected chi connectivity index (χ1v) is 8.05. The van der Waals surface area contributed by atoms with Crippen molar-refractivity contribution in [2.45, 2.75) is 20.3 Å². The lowest BCUT2D eigenvalue weighted by Crippen LogP contribution is -2.26. The van der Waals surface area contributed by atoms with Gasteiger partial charge in [-0.25, -0.2) is 0 Å². The summed E-state index contributed by atoms with van der Waals surface area (Å²) < 4.78 is 0. The van der Waals surface area contributed by atoms with E-state index >= 15 is 0 Å². The Morgan fingerprint density at radius 3 is 2.57 bits per heavy atom. The molecule has 1 aromatic carbocycles. The number of amides is 1. The molecule has 0 spiro atoms. The van der Waals surface area contributed by atoms with E-state index < -0.39 is 0 Å². The Morgan fingerprint density at radius 1 is 1.17 bits per heavy atom. The second-order valence-corrected chi connectivity index (χ2v) is 6.34. The summed E-state index contributed by atoms with van der Waals surface area (Å²) in [6.45, 7) is 4.83. The zero-order valence-corrected chi connectivity index (χ0v) is 14.4. The molecule has 0 aliphatic rings. The predicted molar refractivity (Wildman–Crippen MR) is 93.6 cm³/mol. The van der Waals surface area contributed by atoms with Gasteiger partial charge < -0.3 is 10.6 Å². The summed E-state index contributed by atoms with van der Waals surface area (Å²) in [7, 11) is 0. The maximum atomic E-state index is 11.9. The fourth-order valence-electron chi connectivity index (χ4n) is 1.81. The molecular weight excluding hydrogens is 335 g/mol. The number of benzene rings is 1. The molecule has 1 amide bonds. The maximum Gasteiger partial charge on any atom is 0.271 e. The lowest BCUT2D eigenvalue weighted by molar-refractivity contribution is 0.0946. The average molecular weight is 353 g/mol. The molecule has 1 aromatic heterocycles. The standard InChI is InChI=1S/C16H18Cl2N4O/c1-10(2)7-8-19-16(23)14-5-6-15(22-21-14)20-13-4-3-11(17)9-12(13)18/h3-6,9-10H,7-8H2,1-2H3,(H,19,23)(H,20,22). The number of carbonyl (C=O) groups is 1. The second-order valence-electron chi connectivity index (χ2n) is 5.49. The molecule has 7 heteroatoms. The molecule has 0 saturated carbocycles. The van der Waals surface area contributed by atoms with Crippen molar-refractivity contribution >= 4 is 40.6 Å². The van der Waals surface area contributed by atoms with Gasteiger partial charge in [0.15, 0.2) is 11.5 Å². The highest BCUT2D eigenvalue weighted by atomic mass is 35.5. The summed E-state index contributed by atoms with van der Waals surface area (Å²) in [5.74, 6) is 0.805. The molecule has 0 aliphatic heterocycles. The van der Waals surface area contributed by atoms with E-state index in [1.54, 1.807) is 30.3 Å². The molecule has 23 heavy (non-hydrogen) atoms. The SMILES string of the molecule is CC(C)CCNC(=O)c1ccc(Nc2ccc(Cl)cc2Cl)nn1. The van der Waals surface area contributed by atoms with E-state index in [-0.39, 0.29) is 11.6 Å². The Labute approximate surface area is 145 Å². The molecule has 0 unspecified atom stereocenters. The molecule has 0 fully saturated rings. The van der Waals surface area contributed by atoms with Crippen molar-refractivity contribution in [3.63, 3.8) is 0 Å². The minimum Gasteiger partial charge on any atom is -0.351 e. The fourth-order valence-corrected chi connectivity index (χ4v) is 2.27. The van der Waals surface area contributed by atoms with Gasteiger partial charge in [-0.3, -0.25) is 4.79 Å². The van der Waals surface area contributed by atoms with E-state index in [4.69, 9.17) is 23.2 Å². The molecule has 2 rings (SSSR count). The summed E-state index contributed by atoms with van der Waals surface area (Å²) in [6, 6.07) is 8.40. The number of aromatic nitrogens is 2. The molecule has 0 bridgehead atoms. The van der Waals surface area contributed by atoms with Gasteiger partial charge in [-0.1, -0.05) is 37.0 Å². The molecule has 2 aromatic rings. The Bertz CT molecular complexity index is 674. The third-order valence-corrected chi connectivity index (χ3v) is 3.65. The lowest BCUT2D eigenvalue weighted by Gasteiger charge is -2.08. The van der Waals surface area contributed by atoms with Crippen LogP contribution in [-0.2, 0) is 0 Å². The normalized spacial score (nSPS) is 10.7. The molecular formula is C16H18Cl2N4O. The smallest absolute Gasteiger partial charge is 0.271 e. The number of nitrogens with zero attached hydrogens (tertiary/aromatic N) is 2. The number of halogens is 2. The van der Waals surface area contributed by atoms with Crippen LogP contribution in [0.25, 0.3) is 0 Å². The third kappa shape index (κ3) is 5.37. The molecule has 5 nitrogen and oxygen atoms in total. The van der Waals surface area contributed by atoms with Crippen LogP contribution in [0.1, 0.15) is 30.8 Å². The Hall–Kier alpha value is -1.85. The topological polar surface area (TPSA) is 66.9 Å². The van der Waals surface area contributed by atoms with Crippen LogP contribution in [-0.4, -0.2) is 22.6 Å². The van der Waals surface area contributed by atoms with Crippen LogP contribution in [0.2, 0.25) is 10.0 Å². The highest BCUT2D eigenvalue weighted by Gasteiger charge is 2.09. The number of rotatable bonds is 6. The minimum absolute atomic E-state index is 0.228. The van der Waals surface area contributed by atoms with Gasteiger partial charge in [0.1, 0.15) is 0 Å². The highest BCUT2D eigenvalue weighted by molar-refractivity contribution is 6.36. The van der Waals surface area contributed by atoms with E-state index in [1.165, 1.54) is 0 Å². The zero-order valence-electron chi connectivity index (χ0n) is 12.9. The number of carbonyl (C=O) groups excluding carboxylic acids is 1. The lowest BCUT2D eigenvalue weighted by atomic mass is 10.1. The van der Waals surface area contributed by atoms with Crippen molar-refractivity contribution in [3.8, 4) is 0 Å². The van der Waals surface area contributed by atoms with Crippen LogP contribution in [0, 0.1) is 5.92 Å². The van der Waals surface area contributed by atoms with E-state index in [2.05, 4.69) is 34.7 Å². The first-order chi connectivity index (χ1) is 11.0. The Kier molecular flexibility index (Phi) is 6.19. The molecule has 1 heterocycles. The predicted octanol–water partition coefficient (Wildman–Crippen LogP) is 4.30. The van der Waals surface area contributed by atoms with Gasteiger partial charge in [0.2, 0.25) is 0 Å². The average Bonchev–Trinajstić information content (AvgIpc) is 2.50. The van der Waals surface area contributed by atoms with Crippen molar-refractivity contribution in [2.75, 3.05) is 11.9 Å². The van der Waals surface area contributed by atoms with Crippen LogP contribution in [0.3, 0.4) is 0 Å². The van der Waals surface area contributed by atoms with E-state index in [9.17, 15) is 4.79 Å². The van der Waals surface area contributed by atoms with Crippen LogP contribution in [0.4, 0.5) is 11.5 Å². The van der Waals surface area contributed by atoms with Gasteiger partial charge in [-0.2, -0.15) is 0 Å². The molecule has 2 N–H and O–H groups in total. The van der Waals surface area contributed by atoms with Crippen molar-refractivity contribution in [3.05, 3.63) is 46.1 Å². The van der Waals surface area contributed by atoms with Gasteiger partial charge in [-0.05, 0) is 42.7 Å². The van der Waals surface area contributed by atoms with Gasteiger partial charge in [0.25, 0.3) is 5.91 Å².